The molecule has 16 nitrogen and oxygen atoms in total. The first-order valence-electron chi connectivity index (χ1n) is 18.5. The van der Waals surface area contributed by atoms with Crippen molar-refractivity contribution in [2.45, 2.75) is 0 Å². The summed E-state index contributed by atoms with van der Waals surface area (Å²) in [6.07, 6.45) is 0. The molecule has 65 heavy (non-hydrogen) atoms. The average molecular weight is 1040 g/mol. The summed E-state index contributed by atoms with van der Waals surface area (Å²) >= 11 is 28.0. The molecule has 0 amide bonds. The molecule has 0 unspecified atom stereocenters. The number of carboxylic acids is 3. The van der Waals surface area contributed by atoms with Gasteiger partial charge in [-0.3, -0.25) is 0 Å². The predicted octanol–water partition coefficient (Wildman–Crippen LogP) is 1.05. The highest BCUT2D eigenvalue weighted by Gasteiger charge is 2.26. The molecule has 0 aliphatic rings. The van der Waals surface area contributed by atoms with Crippen LogP contribution in [0.5, 0.6) is 5.75 Å². The van der Waals surface area contributed by atoms with Gasteiger partial charge >= 0.3 is 5.97 Å². The number of carboxylic acid groups (broad SMARTS) is 3. The monoisotopic (exact) mass is 1040 g/mol. The number of hydrogen-bond donors (Lipinski definition) is 4. The molecule has 7 N–H and O–H groups in total. The summed E-state index contributed by atoms with van der Waals surface area (Å²) in [5, 5.41) is 45.2. The highest BCUT2D eigenvalue weighted by molar-refractivity contribution is 6.56. The Morgan fingerprint density at radius 2 is 0.754 bits per heavy atom. The Hall–Kier alpha value is -3.39. The first-order chi connectivity index (χ1) is 30.7. The van der Waals surface area contributed by atoms with Gasteiger partial charge in [0.2, 0.25) is 5.82 Å². The lowest BCUT2D eigenvalue weighted by Gasteiger charge is -2.12. The van der Waals surface area contributed by atoms with E-state index in [2.05, 4.69) is 16.0 Å². The number of para-hydroxylation sites is 1. The van der Waals surface area contributed by atoms with Crippen molar-refractivity contribution in [3.05, 3.63) is 95.2 Å². The van der Waals surface area contributed by atoms with Gasteiger partial charge < -0.3 is 74.4 Å². The van der Waals surface area contributed by atoms with E-state index < -0.39 is 63.9 Å². The fourth-order valence-corrected chi connectivity index (χ4v) is 5.14. The van der Waals surface area contributed by atoms with Gasteiger partial charge in [-0.15, -0.1) is 0 Å². The molecule has 3 aromatic rings. The maximum absolute atomic E-state index is 12.5. The summed E-state index contributed by atoms with van der Waals surface area (Å²) < 4.78 is 91.1. The van der Waals surface area contributed by atoms with E-state index in [1.54, 1.807) is 42.7 Å². The summed E-state index contributed by atoms with van der Waals surface area (Å²) in [6, 6.07) is 5.54. The van der Waals surface area contributed by atoms with Crippen LogP contribution in [0.25, 0.3) is 0 Å². The van der Waals surface area contributed by atoms with E-state index in [1.807, 2.05) is 0 Å². The van der Waals surface area contributed by atoms with Gasteiger partial charge in [0.05, 0.1) is 127 Å². The second-order valence-electron chi connectivity index (χ2n) is 11.8. The Morgan fingerprint density at radius 3 is 0.985 bits per heavy atom. The lowest BCUT2D eigenvalue weighted by Crippen LogP contribution is -2.86. The van der Waals surface area contributed by atoms with E-state index in [-0.39, 0.29) is 30.7 Å². The molecule has 0 saturated heterocycles. The molecule has 372 valence electrons. The van der Waals surface area contributed by atoms with Crippen molar-refractivity contribution in [1.82, 2.24) is 0 Å². The van der Waals surface area contributed by atoms with Gasteiger partial charge in [-0.05, 0) is 6.07 Å². The van der Waals surface area contributed by atoms with Crippen LogP contribution in [0.3, 0.4) is 0 Å². The van der Waals surface area contributed by atoms with Crippen LogP contribution in [0.15, 0.2) is 24.3 Å². The zero-order valence-electron chi connectivity index (χ0n) is 36.2. The van der Waals surface area contributed by atoms with Gasteiger partial charge in [0, 0.05) is 48.2 Å². The molecule has 26 heteroatoms. The topological polar surface area (TPSA) is 246 Å². The SMILES string of the molecule is COCC[NH2+]CCOC.COCC[NH2+]CCOC.COCC[NH2+]CCOC.O=C(O)c1ccccc1[O-].O=C([O-])c1c(Cl)c(Cl)c(Cl)c(Cl)c1Cl.O=C([O-])c1c(F)c(F)c(F)c(F)c1F. The quantitative estimate of drug-likeness (QED) is 0.0505. The van der Waals surface area contributed by atoms with Crippen LogP contribution in [-0.4, -0.2) is 145 Å². The molecule has 0 spiro atoms. The highest BCUT2D eigenvalue weighted by Crippen LogP contribution is 2.43. The van der Waals surface area contributed by atoms with E-state index in [4.69, 9.17) is 91.5 Å². The van der Waals surface area contributed by atoms with Crippen molar-refractivity contribution >= 4 is 75.9 Å². The summed E-state index contributed by atoms with van der Waals surface area (Å²) in [7, 11) is 10.3. The van der Waals surface area contributed by atoms with Gasteiger partial charge in [-0.2, -0.15) is 0 Å². The van der Waals surface area contributed by atoms with E-state index in [0.29, 0.717) is 0 Å². The molecule has 0 fully saturated rings. The number of ether oxygens (including phenoxy) is 6. The molecule has 0 heterocycles. The number of benzene rings is 3. The van der Waals surface area contributed by atoms with Crippen molar-refractivity contribution in [3.63, 3.8) is 0 Å². The maximum atomic E-state index is 12.5. The minimum absolute atomic E-state index is 0.0895. The lowest BCUT2D eigenvalue weighted by atomic mass is 10.1. The molecule has 0 aromatic heterocycles. The van der Waals surface area contributed by atoms with Crippen LogP contribution in [0.4, 0.5) is 22.0 Å². The normalized spacial score (nSPS) is 10.0. The van der Waals surface area contributed by atoms with Crippen molar-refractivity contribution in [2.75, 3.05) is 122 Å². The van der Waals surface area contributed by atoms with Crippen molar-refractivity contribution < 1.29 is 101 Å². The van der Waals surface area contributed by atoms with E-state index in [1.165, 1.54) is 24.3 Å². The Kier molecular flexibility index (Phi) is 41.4. The number of carbonyl (C=O) groups excluding carboxylic acids is 2. The summed E-state index contributed by atoms with van der Waals surface area (Å²) in [5.74, 6) is -17.5. The number of hydrogen-bond acceptors (Lipinski definition) is 12. The molecule has 3 aromatic carbocycles. The molecule has 3 rings (SSSR count). The molecule has 0 bridgehead atoms. The molecular formula is C39H53Cl5F5N3O13. The fraction of sp³-hybridized carbons (Fsp3) is 0.462. The summed E-state index contributed by atoms with van der Waals surface area (Å²) in [6.45, 7) is 11.1. The zero-order valence-corrected chi connectivity index (χ0v) is 39.9. The second kappa shape index (κ2) is 40.8. The lowest BCUT2D eigenvalue weighted by molar-refractivity contribution is -0.657. The molecular weight excluding hydrogens is 991 g/mol. The molecule has 0 aliphatic heterocycles. The van der Waals surface area contributed by atoms with Crippen LogP contribution in [0, 0.1) is 29.1 Å². The number of halogens is 10. The number of aromatic carboxylic acids is 3. The third-order valence-corrected chi connectivity index (χ3v) is 9.38. The molecule has 0 radical (unpaired) electrons. The number of methoxy groups -OCH3 is 6. The number of quaternary nitrogens is 3. The average Bonchev–Trinajstić information content (AvgIpc) is 3.27. The molecule has 0 saturated carbocycles. The Morgan fingerprint density at radius 1 is 0.492 bits per heavy atom. The van der Waals surface area contributed by atoms with E-state index >= 15 is 0 Å². The van der Waals surface area contributed by atoms with Crippen LogP contribution in [0.2, 0.25) is 25.1 Å². The van der Waals surface area contributed by atoms with E-state index in [9.17, 15) is 51.7 Å². The summed E-state index contributed by atoms with van der Waals surface area (Å²) in [4.78, 5) is 30.9. The minimum atomic E-state index is -2.47. The van der Waals surface area contributed by atoms with Crippen LogP contribution >= 0.6 is 58.0 Å². The van der Waals surface area contributed by atoms with Gasteiger partial charge in [-0.1, -0.05) is 82.0 Å². The first kappa shape index (κ1) is 65.9. The first-order valence-corrected chi connectivity index (χ1v) is 20.4. The molecule has 0 aliphatic carbocycles. The third kappa shape index (κ3) is 28.4. The third-order valence-electron chi connectivity index (χ3n) is 7.10. The Bertz CT molecular complexity index is 1640. The van der Waals surface area contributed by atoms with Gasteiger partial charge in [0.25, 0.3) is 0 Å². The number of rotatable bonds is 21. The van der Waals surface area contributed by atoms with Crippen molar-refractivity contribution in [1.29, 1.82) is 0 Å². The standard InChI is InChI=1S/C7HCl5O2.C7HF5O2.C7H6O3.3C6H15NO2/c2*8-2-1(7(13)14)3(9)5(11)6(12)4(2)10;8-6-4-2-1-3-5(6)7(9)10;3*1-8-5-3-7-4-6-9-2/h2*(H,13,14);1-4,8H,(H,9,10);3*7H,3-6H2,1-2H3. The Labute approximate surface area is 398 Å². The van der Waals surface area contributed by atoms with Gasteiger partial charge in [-0.25, -0.2) is 26.7 Å². The zero-order chi connectivity index (χ0) is 50.5. The smallest absolute Gasteiger partial charge is 0.335 e. The number of carbonyl (C=O) groups is 3. The summed E-state index contributed by atoms with van der Waals surface area (Å²) in [5.41, 5.74) is -2.61. The Balaban J connectivity index is -0.000000719. The number of nitrogens with two attached hydrogens (primary N) is 3. The van der Waals surface area contributed by atoms with E-state index in [0.717, 1.165) is 78.9 Å². The van der Waals surface area contributed by atoms with Gasteiger partial charge in [0.15, 0.2) is 23.3 Å². The largest absolute Gasteiger partial charge is 0.872 e. The second-order valence-corrected chi connectivity index (χ2v) is 13.7. The van der Waals surface area contributed by atoms with Crippen molar-refractivity contribution in [3.8, 4) is 5.75 Å². The predicted molar refractivity (Wildman–Crippen MR) is 225 cm³/mol. The minimum Gasteiger partial charge on any atom is -0.872 e. The van der Waals surface area contributed by atoms with Crippen LogP contribution in [-0.2, 0) is 28.4 Å². The van der Waals surface area contributed by atoms with Crippen LogP contribution in [0.1, 0.15) is 31.1 Å². The van der Waals surface area contributed by atoms with Crippen LogP contribution < -0.4 is 31.3 Å². The van der Waals surface area contributed by atoms with Crippen molar-refractivity contribution in [2.24, 2.45) is 0 Å². The fourth-order valence-electron chi connectivity index (χ4n) is 3.85. The highest BCUT2D eigenvalue weighted by atomic mass is 35.5. The maximum Gasteiger partial charge on any atom is 0.335 e. The molecule has 0 atom stereocenters. The van der Waals surface area contributed by atoms with Gasteiger partial charge in [0.1, 0.15) is 0 Å².